The van der Waals surface area contributed by atoms with E-state index < -0.39 is 0 Å². The van der Waals surface area contributed by atoms with E-state index >= 15 is 0 Å². The number of benzene rings is 1. The SMILES string of the molecule is Cc1cc(F)ccc1C(=O)N(C)CC(C)(C)C. The Labute approximate surface area is 102 Å². The van der Waals surface area contributed by atoms with Crippen LogP contribution in [0.3, 0.4) is 0 Å². The molecule has 0 fully saturated rings. The lowest BCUT2D eigenvalue weighted by Gasteiger charge is -2.27. The van der Waals surface area contributed by atoms with E-state index in [-0.39, 0.29) is 17.1 Å². The number of halogens is 1. The summed E-state index contributed by atoms with van der Waals surface area (Å²) in [4.78, 5) is 13.8. The average molecular weight is 237 g/mol. The fourth-order valence-corrected chi connectivity index (χ4v) is 1.86. The van der Waals surface area contributed by atoms with Crippen molar-refractivity contribution in [3.63, 3.8) is 0 Å². The number of carbonyl (C=O) groups is 1. The third-order valence-corrected chi connectivity index (χ3v) is 2.48. The van der Waals surface area contributed by atoms with Crippen LogP contribution in [-0.2, 0) is 0 Å². The van der Waals surface area contributed by atoms with Crippen LogP contribution in [0.25, 0.3) is 0 Å². The van der Waals surface area contributed by atoms with Crippen LogP contribution >= 0.6 is 0 Å². The monoisotopic (exact) mass is 237 g/mol. The molecule has 0 unspecified atom stereocenters. The van der Waals surface area contributed by atoms with Crippen molar-refractivity contribution in [2.45, 2.75) is 27.7 Å². The van der Waals surface area contributed by atoms with Gasteiger partial charge in [-0.05, 0) is 36.1 Å². The van der Waals surface area contributed by atoms with Gasteiger partial charge in [-0.25, -0.2) is 4.39 Å². The van der Waals surface area contributed by atoms with E-state index in [0.717, 1.165) is 0 Å². The first-order chi connectivity index (χ1) is 7.70. The highest BCUT2D eigenvalue weighted by atomic mass is 19.1. The van der Waals surface area contributed by atoms with E-state index in [1.165, 1.54) is 12.1 Å². The van der Waals surface area contributed by atoms with E-state index in [9.17, 15) is 9.18 Å². The molecule has 1 aromatic rings. The van der Waals surface area contributed by atoms with Gasteiger partial charge in [0.15, 0.2) is 0 Å². The molecular weight excluding hydrogens is 217 g/mol. The number of nitrogens with zero attached hydrogens (tertiary/aromatic N) is 1. The molecule has 0 aliphatic rings. The molecule has 0 bridgehead atoms. The molecule has 3 heteroatoms. The fraction of sp³-hybridized carbons (Fsp3) is 0.500. The van der Waals surface area contributed by atoms with Crippen molar-refractivity contribution in [1.29, 1.82) is 0 Å². The van der Waals surface area contributed by atoms with Gasteiger partial charge in [0.25, 0.3) is 5.91 Å². The first-order valence-electron chi connectivity index (χ1n) is 5.72. The minimum Gasteiger partial charge on any atom is -0.341 e. The van der Waals surface area contributed by atoms with Crippen LogP contribution in [-0.4, -0.2) is 24.4 Å². The van der Waals surface area contributed by atoms with Gasteiger partial charge in [-0.1, -0.05) is 20.8 Å². The lowest BCUT2D eigenvalue weighted by Crippen LogP contribution is -2.34. The molecule has 0 N–H and O–H groups in total. The van der Waals surface area contributed by atoms with Gasteiger partial charge >= 0.3 is 0 Å². The zero-order chi connectivity index (χ0) is 13.2. The predicted octanol–water partition coefficient (Wildman–Crippen LogP) is 3.25. The zero-order valence-electron chi connectivity index (χ0n) is 11.2. The second-order valence-electron chi connectivity index (χ2n) is 5.68. The van der Waals surface area contributed by atoms with Crippen molar-refractivity contribution in [1.82, 2.24) is 4.90 Å². The van der Waals surface area contributed by atoms with Crippen LogP contribution in [0.5, 0.6) is 0 Å². The Morgan fingerprint density at radius 1 is 1.35 bits per heavy atom. The number of rotatable bonds is 2. The third kappa shape index (κ3) is 3.84. The van der Waals surface area contributed by atoms with E-state index in [2.05, 4.69) is 20.8 Å². The summed E-state index contributed by atoms with van der Waals surface area (Å²) in [7, 11) is 1.77. The highest BCUT2D eigenvalue weighted by molar-refractivity contribution is 5.95. The maximum absolute atomic E-state index is 13.0. The highest BCUT2D eigenvalue weighted by Gasteiger charge is 2.20. The average Bonchev–Trinajstić information content (AvgIpc) is 2.14. The molecule has 94 valence electrons. The van der Waals surface area contributed by atoms with Crippen LogP contribution in [0.4, 0.5) is 4.39 Å². The molecule has 1 amide bonds. The molecule has 0 heterocycles. The first-order valence-corrected chi connectivity index (χ1v) is 5.72. The second kappa shape index (κ2) is 4.86. The summed E-state index contributed by atoms with van der Waals surface area (Å²) in [5.41, 5.74) is 1.30. The Morgan fingerprint density at radius 2 is 1.94 bits per heavy atom. The molecule has 0 aromatic heterocycles. The zero-order valence-corrected chi connectivity index (χ0v) is 11.2. The summed E-state index contributed by atoms with van der Waals surface area (Å²) < 4.78 is 13.0. The van der Waals surface area contributed by atoms with Gasteiger partial charge in [0, 0.05) is 19.2 Å². The van der Waals surface area contributed by atoms with Crippen molar-refractivity contribution in [3.05, 3.63) is 35.1 Å². The van der Waals surface area contributed by atoms with Crippen molar-refractivity contribution >= 4 is 5.91 Å². The van der Waals surface area contributed by atoms with Crippen molar-refractivity contribution in [3.8, 4) is 0 Å². The number of carbonyl (C=O) groups excluding carboxylic acids is 1. The van der Waals surface area contributed by atoms with Gasteiger partial charge in [0.05, 0.1) is 0 Å². The molecular formula is C14H20FNO. The third-order valence-electron chi connectivity index (χ3n) is 2.48. The number of hydrogen-bond acceptors (Lipinski definition) is 1. The van der Waals surface area contributed by atoms with Gasteiger partial charge < -0.3 is 4.90 Å². The summed E-state index contributed by atoms with van der Waals surface area (Å²) in [5, 5.41) is 0. The lowest BCUT2D eigenvalue weighted by molar-refractivity contribution is 0.0745. The summed E-state index contributed by atoms with van der Waals surface area (Å²) in [6.45, 7) is 8.65. The molecule has 2 nitrogen and oxygen atoms in total. The molecule has 17 heavy (non-hydrogen) atoms. The highest BCUT2D eigenvalue weighted by Crippen LogP contribution is 2.17. The van der Waals surface area contributed by atoms with Crippen LogP contribution in [0.1, 0.15) is 36.7 Å². The normalized spacial score (nSPS) is 11.4. The van der Waals surface area contributed by atoms with Crippen LogP contribution in [0, 0.1) is 18.2 Å². The van der Waals surface area contributed by atoms with Gasteiger partial charge in [0.1, 0.15) is 5.82 Å². The molecule has 0 saturated carbocycles. The van der Waals surface area contributed by atoms with E-state index in [1.807, 2.05) is 0 Å². The Hall–Kier alpha value is -1.38. The Kier molecular flexibility index (Phi) is 3.91. The van der Waals surface area contributed by atoms with Crippen molar-refractivity contribution in [2.24, 2.45) is 5.41 Å². The minimum atomic E-state index is -0.308. The molecule has 1 rings (SSSR count). The van der Waals surface area contributed by atoms with E-state index in [0.29, 0.717) is 17.7 Å². The Balaban J connectivity index is 2.89. The Bertz CT molecular complexity index is 421. The van der Waals surface area contributed by atoms with Gasteiger partial charge in [-0.3, -0.25) is 4.79 Å². The van der Waals surface area contributed by atoms with Crippen LogP contribution < -0.4 is 0 Å². The van der Waals surface area contributed by atoms with E-state index in [1.54, 1.807) is 24.9 Å². The minimum absolute atomic E-state index is 0.0539. The van der Waals surface area contributed by atoms with Crippen molar-refractivity contribution < 1.29 is 9.18 Å². The number of hydrogen-bond donors (Lipinski definition) is 0. The number of aryl methyl sites for hydroxylation is 1. The summed E-state index contributed by atoms with van der Waals surface area (Å²) in [6.07, 6.45) is 0. The van der Waals surface area contributed by atoms with Gasteiger partial charge in [-0.15, -0.1) is 0 Å². The molecule has 0 saturated heterocycles. The maximum atomic E-state index is 13.0. The largest absolute Gasteiger partial charge is 0.341 e. The van der Waals surface area contributed by atoms with Gasteiger partial charge in [0.2, 0.25) is 0 Å². The molecule has 0 atom stereocenters. The molecule has 1 aromatic carbocycles. The van der Waals surface area contributed by atoms with Gasteiger partial charge in [-0.2, -0.15) is 0 Å². The summed E-state index contributed by atoms with van der Waals surface area (Å²) in [6, 6.07) is 4.26. The summed E-state index contributed by atoms with van der Waals surface area (Å²) in [5.74, 6) is -0.366. The topological polar surface area (TPSA) is 20.3 Å². The smallest absolute Gasteiger partial charge is 0.253 e. The molecule has 0 radical (unpaired) electrons. The quantitative estimate of drug-likeness (QED) is 0.773. The Morgan fingerprint density at radius 3 is 2.41 bits per heavy atom. The molecule has 0 spiro atoms. The van der Waals surface area contributed by atoms with Crippen LogP contribution in [0.2, 0.25) is 0 Å². The second-order valence-corrected chi connectivity index (χ2v) is 5.68. The molecule has 0 aliphatic carbocycles. The van der Waals surface area contributed by atoms with Crippen molar-refractivity contribution in [2.75, 3.05) is 13.6 Å². The molecule has 0 aliphatic heterocycles. The lowest BCUT2D eigenvalue weighted by atomic mass is 9.95. The standard InChI is InChI=1S/C14H20FNO/c1-10-8-11(15)6-7-12(10)13(17)16(5)9-14(2,3)4/h6-8H,9H2,1-5H3. The number of amides is 1. The first kappa shape index (κ1) is 13.7. The van der Waals surface area contributed by atoms with Crippen LogP contribution in [0.15, 0.2) is 18.2 Å². The maximum Gasteiger partial charge on any atom is 0.253 e. The van der Waals surface area contributed by atoms with E-state index in [4.69, 9.17) is 0 Å². The summed E-state index contributed by atoms with van der Waals surface area (Å²) >= 11 is 0. The predicted molar refractivity (Wildman–Crippen MR) is 67.6 cm³/mol. The fourth-order valence-electron chi connectivity index (χ4n) is 1.86.